The minimum absolute atomic E-state index is 0.0334. The molecule has 1 aromatic carbocycles. The molecule has 0 saturated carbocycles. The van der Waals surface area contributed by atoms with Crippen molar-refractivity contribution in [2.24, 2.45) is 0 Å². The van der Waals surface area contributed by atoms with E-state index in [1.807, 2.05) is 25.8 Å². The van der Waals surface area contributed by atoms with E-state index in [2.05, 4.69) is 4.72 Å². The molecular formula is C12H20FN3O2S. The Kier molecular flexibility index (Phi) is 5.28. The van der Waals surface area contributed by atoms with Crippen molar-refractivity contribution in [2.75, 3.05) is 25.9 Å². The summed E-state index contributed by atoms with van der Waals surface area (Å²) in [6, 6.07) is 3.61. The second-order valence-electron chi connectivity index (χ2n) is 4.65. The topological polar surface area (TPSA) is 75.4 Å². The van der Waals surface area contributed by atoms with Crippen LogP contribution in [0, 0.1) is 5.82 Å². The first-order chi connectivity index (χ1) is 8.74. The van der Waals surface area contributed by atoms with Crippen molar-refractivity contribution in [3.8, 4) is 0 Å². The van der Waals surface area contributed by atoms with Crippen molar-refractivity contribution in [1.29, 1.82) is 0 Å². The molecule has 0 aromatic heterocycles. The summed E-state index contributed by atoms with van der Waals surface area (Å²) in [5.74, 6) is -0.631. The quantitative estimate of drug-likeness (QED) is 0.767. The van der Waals surface area contributed by atoms with Crippen molar-refractivity contribution in [1.82, 2.24) is 9.62 Å². The Hall–Kier alpha value is -1.18. The van der Waals surface area contributed by atoms with Crippen LogP contribution >= 0.6 is 0 Å². The van der Waals surface area contributed by atoms with Gasteiger partial charge in [-0.05, 0) is 39.1 Å². The normalized spacial score (nSPS) is 12.3. The highest BCUT2D eigenvalue weighted by Gasteiger charge is 2.18. The minimum atomic E-state index is -3.78. The van der Waals surface area contributed by atoms with E-state index in [0.29, 0.717) is 12.6 Å². The van der Waals surface area contributed by atoms with Crippen LogP contribution in [-0.4, -0.2) is 39.5 Å². The van der Waals surface area contributed by atoms with Gasteiger partial charge in [0.25, 0.3) is 0 Å². The lowest BCUT2D eigenvalue weighted by Gasteiger charge is -2.21. The first-order valence-electron chi connectivity index (χ1n) is 5.99. The fourth-order valence-corrected chi connectivity index (χ4v) is 2.59. The zero-order valence-corrected chi connectivity index (χ0v) is 12.2. The fourth-order valence-electron chi connectivity index (χ4n) is 1.43. The number of nitrogen functional groups attached to an aromatic ring is 1. The van der Waals surface area contributed by atoms with Gasteiger partial charge in [-0.3, -0.25) is 0 Å². The molecule has 7 heteroatoms. The predicted octanol–water partition coefficient (Wildman–Crippen LogP) is 1.03. The molecule has 0 fully saturated rings. The van der Waals surface area contributed by atoms with Gasteiger partial charge in [0.15, 0.2) is 0 Å². The minimum Gasteiger partial charge on any atom is -0.398 e. The Morgan fingerprint density at radius 2 is 2.05 bits per heavy atom. The summed E-state index contributed by atoms with van der Waals surface area (Å²) in [6.07, 6.45) is 0. The first kappa shape index (κ1) is 15.9. The molecule has 0 aliphatic carbocycles. The molecule has 0 aliphatic heterocycles. The Balaban J connectivity index is 2.74. The van der Waals surface area contributed by atoms with Crippen LogP contribution in [-0.2, 0) is 10.0 Å². The van der Waals surface area contributed by atoms with E-state index in [1.165, 1.54) is 6.07 Å². The summed E-state index contributed by atoms with van der Waals surface area (Å²) >= 11 is 0. The largest absolute Gasteiger partial charge is 0.398 e. The van der Waals surface area contributed by atoms with Crippen LogP contribution in [0.15, 0.2) is 23.1 Å². The van der Waals surface area contributed by atoms with Gasteiger partial charge in [-0.15, -0.1) is 0 Å². The lowest BCUT2D eigenvalue weighted by molar-refractivity contribution is 0.278. The van der Waals surface area contributed by atoms with E-state index in [4.69, 9.17) is 5.73 Å². The van der Waals surface area contributed by atoms with Crippen LogP contribution in [0.4, 0.5) is 10.1 Å². The number of sulfonamides is 1. The van der Waals surface area contributed by atoms with Crippen LogP contribution in [0.5, 0.6) is 0 Å². The Labute approximate surface area is 113 Å². The Bertz CT molecular complexity index is 532. The molecule has 108 valence electrons. The zero-order valence-electron chi connectivity index (χ0n) is 11.4. The highest BCUT2D eigenvalue weighted by Crippen LogP contribution is 2.18. The van der Waals surface area contributed by atoms with Crippen LogP contribution in [0.3, 0.4) is 0 Å². The van der Waals surface area contributed by atoms with Crippen LogP contribution in [0.1, 0.15) is 13.8 Å². The average Bonchev–Trinajstić information content (AvgIpc) is 2.31. The number of hydrogen-bond donors (Lipinski definition) is 2. The van der Waals surface area contributed by atoms with E-state index < -0.39 is 15.8 Å². The smallest absolute Gasteiger partial charge is 0.242 e. The molecule has 0 atom stereocenters. The molecule has 0 radical (unpaired) electrons. The second kappa shape index (κ2) is 6.31. The zero-order chi connectivity index (χ0) is 14.6. The molecule has 0 saturated heterocycles. The van der Waals surface area contributed by atoms with Gasteiger partial charge in [-0.2, -0.15) is 0 Å². The van der Waals surface area contributed by atoms with Gasteiger partial charge in [-0.25, -0.2) is 17.5 Å². The number of nitrogens with zero attached hydrogens (tertiary/aromatic N) is 1. The van der Waals surface area contributed by atoms with Gasteiger partial charge in [0, 0.05) is 19.1 Å². The number of halogens is 1. The number of hydrogen-bond acceptors (Lipinski definition) is 4. The molecule has 0 spiro atoms. The van der Waals surface area contributed by atoms with Crippen molar-refractivity contribution >= 4 is 15.7 Å². The van der Waals surface area contributed by atoms with Gasteiger partial charge in [-0.1, -0.05) is 0 Å². The highest BCUT2D eigenvalue weighted by molar-refractivity contribution is 7.89. The molecule has 1 rings (SSSR count). The fraction of sp³-hybridized carbons (Fsp3) is 0.500. The van der Waals surface area contributed by atoms with Crippen molar-refractivity contribution in [3.05, 3.63) is 24.0 Å². The maximum Gasteiger partial charge on any atom is 0.242 e. The van der Waals surface area contributed by atoms with E-state index in [-0.39, 0.29) is 17.1 Å². The average molecular weight is 289 g/mol. The molecule has 19 heavy (non-hydrogen) atoms. The third kappa shape index (κ3) is 4.45. The summed E-state index contributed by atoms with van der Waals surface area (Å²) in [6.45, 7) is 4.83. The van der Waals surface area contributed by atoms with Crippen LogP contribution in [0.2, 0.25) is 0 Å². The SMILES string of the molecule is CC(C)N(C)CCNS(=O)(=O)c1cc(F)ccc1N. The number of likely N-dealkylation sites (N-methyl/N-ethyl adjacent to an activating group) is 1. The number of rotatable bonds is 6. The first-order valence-corrected chi connectivity index (χ1v) is 7.47. The molecule has 5 nitrogen and oxygen atoms in total. The summed E-state index contributed by atoms with van der Waals surface area (Å²) in [5, 5.41) is 0. The molecule has 0 amide bonds. The van der Waals surface area contributed by atoms with E-state index in [0.717, 1.165) is 12.1 Å². The maximum atomic E-state index is 13.1. The van der Waals surface area contributed by atoms with E-state index in [1.54, 1.807) is 0 Å². The van der Waals surface area contributed by atoms with Gasteiger partial charge < -0.3 is 10.6 Å². The van der Waals surface area contributed by atoms with Crippen molar-refractivity contribution in [2.45, 2.75) is 24.8 Å². The summed E-state index contributed by atoms with van der Waals surface area (Å²) in [5.41, 5.74) is 5.59. The van der Waals surface area contributed by atoms with E-state index in [9.17, 15) is 12.8 Å². The third-order valence-corrected chi connectivity index (χ3v) is 4.42. The van der Waals surface area contributed by atoms with Crippen molar-refractivity contribution < 1.29 is 12.8 Å². The maximum absolute atomic E-state index is 13.1. The van der Waals surface area contributed by atoms with Gasteiger partial charge in [0.2, 0.25) is 10.0 Å². The van der Waals surface area contributed by atoms with E-state index >= 15 is 0 Å². The molecule has 0 unspecified atom stereocenters. The van der Waals surface area contributed by atoms with Crippen molar-refractivity contribution in [3.63, 3.8) is 0 Å². The number of anilines is 1. The standard InChI is InChI=1S/C12H20FN3O2S/c1-9(2)16(3)7-6-15-19(17,18)12-8-10(13)4-5-11(12)14/h4-5,8-9,15H,6-7,14H2,1-3H3. The number of benzene rings is 1. The molecule has 0 bridgehead atoms. The Morgan fingerprint density at radius 3 is 2.63 bits per heavy atom. The van der Waals surface area contributed by atoms with Gasteiger partial charge in [0.05, 0.1) is 5.69 Å². The Morgan fingerprint density at radius 1 is 1.42 bits per heavy atom. The summed E-state index contributed by atoms with van der Waals surface area (Å²) in [4.78, 5) is 1.77. The molecule has 1 aromatic rings. The monoisotopic (exact) mass is 289 g/mol. The van der Waals surface area contributed by atoms with Crippen LogP contribution in [0.25, 0.3) is 0 Å². The number of nitrogens with two attached hydrogens (primary N) is 1. The van der Waals surface area contributed by atoms with Gasteiger partial charge in [0.1, 0.15) is 10.7 Å². The molecule has 0 aliphatic rings. The highest BCUT2D eigenvalue weighted by atomic mass is 32.2. The molecular weight excluding hydrogens is 269 g/mol. The van der Waals surface area contributed by atoms with Gasteiger partial charge >= 0.3 is 0 Å². The second-order valence-corrected chi connectivity index (χ2v) is 6.39. The summed E-state index contributed by atoms with van der Waals surface area (Å²) < 4.78 is 39.5. The predicted molar refractivity (Wildman–Crippen MR) is 73.8 cm³/mol. The lowest BCUT2D eigenvalue weighted by Crippen LogP contribution is -2.36. The molecule has 0 heterocycles. The van der Waals surface area contributed by atoms with Crippen LogP contribution < -0.4 is 10.5 Å². The third-order valence-electron chi connectivity index (χ3n) is 2.90. The lowest BCUT2D eigenvalue weighted by atomic mass is 10.3. The summed E-state index contributed by atoms with van der Waals surface area (Å²) in [7, 11) is -1.88. The molecule has 3 N–H and O–H groups in total. The number of nitrogens with one attached hydrogen (secondary N) is 1.